The second-order valence-corrected chi connectivity index (χ2v) is 7.42. The number of halogens is 1. The molecule has 1 aliphatic rings. The number of esters is 1. The molecule has 28 heavy (non-hydrogen) atoms. The minimum Gasteiger partial charge on any atom is -0.458 e. The molecule has 1 aromatic heterocycles. The Morgan fingerprint density at radius 1 is 1.25 bits per heavy atom. The molecule has 0 aliphatic carbocycles. The van der Waals surface area contributed by atoms with Gasteiger partial charge in [-0.05, 0) is 24.6 Å². The average Bonchev–Trinajstić information content (AvgIpc) is 2.68. The Kier molecular flexibility index (Phi) is 5.42. The van der Waals surface area contributed by atoms with Crippen molar-refractivity contribution in [2.45, 2.75) is 12.8 Å². The van der Waals surface area contributed by atoms with Crippen molar-refractivity contribution in [3.63, 3.8) is 0 Å². The molecule has 2 heterocycles. The number of aromatic nitrogens is 2. The minimum atomic E-state index is -0.674. The second kappa shape index (κ2) is 7.63. The normalized spacial score (nSPS) is 15.6. The number of anilines is 1. The van der Waals surface area contributed by atoms with Crippen LogP contribution in [0.15, 0.2) is 62.3 Å². The summed E-state index contributed by atoms with van der Waals surface area (Å²) in [6.45, 7) is 5.34. The number of allylic oxidation sites excluding steroid dienone is 1. The summed E-state index contributed by atoms with van der Waals surface area (Å²) in [4.78, 5) is 38.2. The Hall–Kier alpha value is -2.87. The highest BCUT2D eigenvalue weighted by atomic mass is 79.9. The molecule has 1 aliphatic heterocycles. The van der Waals surface area contributed by atoms with E-state index in [0.717, 1.165) is 14.6 Å². The van der Waals surface area contributed by atoms with Crippen LogP contribution in [-0.4, -0.2) is 21.7 Å². The topological polar surface area (TPSA) is 82.3 Å². The highest BCUT2D eigenvalue weighted by Crippen LogP contribution is 2.40. The van der Waals surface area contributed by atoms with Gasteiger partial charge in [-0.1, -0.05) is 40.7 Å². The summed E-state index contributed by atoms with van der Waals surface area (Å²) in [5.74, 6) is -0.842. The Morgan fingerprint density at radius 3 is 2.50 bits per heavy atom. The van der Waals surface area contributed by atoms with Crippen LogP contribution in [-0.2, 0) is 23.6 Å². The van der Waals surface area contributed by atoms with Crippen LogP contribution >= 0.6 is 15.9 Å². The fraction of sp³-hybridized carbons (Fsp3) is 0.250. The molecule has 1 N–H and O–H groups in total. The quantitative estimate of drug-likeness (QED) is 0.576. The molecule has 0 saturated heterocycles. The number of rotatable bonds is 4. The Bertz CT molecular complexity index is 1110. The maximum absolute atomic E-state index is 13.0. The summed E-state index contributed by atoms with van der Waals surface area (Å²) in [5, 5.41) is 3.05. The summed E-state index contributed by atoms with van der Waals surface area (Å²) >= 11 is 3.40. The second-order valence-electron chi connectivity index (χ2n) is 6.50. The summed E-state index contributed by atoms with van der Waals surface area (Å²) in [6.07, 6.45) is 1.48. The lowest BCUT2D eigenvalue weighted by Gasteiger charge is -2.30. The van der Waals surface area contributed by atoms with Crippen molar-refractivity contribution in [2.75, 3.05) is 11.9 Å². The molecule has 0 amide bonds. The largest absolute Gasteiger partial charge is 0.458 e. The van der Waals surface area contributed by atoms with Crippen molar-refractivity contribution in [1.82, 2.24) is 9.13 Å². The fourth-order valence-electron chi connectivity index (χ4n) is 3.36. The minimum absolute atomic E-state index is 0.0564. The Labute approximate surface area is 170 Å². The van der Waals surface area contributed by atoms with Gasteiger partial charge in [-0.25, -0.2) is 9.59 Å². The van der Waals surface area contributed by atoms with Crippen LogP contribution < -0.4 is 16.6 Å². The first-order chi connectivity index (χ1) is 13.3. The average molecular weight is 446 g/mol. The van der Waals surface area contributed by atoms with Crippen LogP contribution in [0.4, 0.5) is 5.82 Å². The van der Waals surface area contributed by atoms with E-state index in [2.05, 4.69) is 27.8 Å². The summed E-state index contributed by atoms with van der Waals surface area (Å²) in [6, 6.07) is 7.35. The predicted octanol–water partition coefficient (Wildman–Crippen LogP) is 2.41. The maximum Gasteiger partial charge on any atom is 0.337 e. The SMILES string of the molecule is C=CCOC(=O)C1=C(C)Nc2c(c(=O)n(C)c(=O)n2C)[C@@H]1c1ccc(Br)cc1. The molecule has 0 fully saturated rings. The third-order valence-corrected chi connectivity index (χ3v) is 5.27. The fourth-order valence-corrected chi connectivity index (χ4v) is 3.62. The lowest BCUT2D eigenvalue weighted by molar-refractivity contribution is -0.138. The smallest absolute Gasteiger partial charge is 0.337 e. The molecule has 0 radical (unpaired) electrons. The lowest BCUT2D eigenvalue weighted by atomic mass is 9.82. The Morgan fingerprint density at radius 2 is 1.89 bits per heavy atom. The van der Waals surface area contributed by atoms with Gasteiger partial charge in [-0.15, -0.1) is 0 Å². The highest BCUT2D eigenvalue weighted by Gasteiger charge is 2.37. The molecule has 1 aromatic carbocycles. The maximum atomic E-state index is 13.0. The number of carbonyl (C=O) groups excluding carboxylic acids is 1. The van der Waals surface area contributed by atoms with Crippen molar-refractivity contribution in [2.24, 2.45) is 14.1 Å². The summed E-state index contributed by atoms with van der Waals surface area (Å²) in [7, 11) is 3.00. The van der Waals surface area contributed by atoms with Gasteiger partial charge in [-0.3, -0.25) is 13.9 Å². The van der Waals surface area contributed by atoms with Crippen LogP contribution in [0.2, 0.25) is 0 Å². The van der Waals surface area contributed by atoms with E-state index in [1.165, 1.54) is 17.7 Å². The molecule has 0 unspecified atom stereocenters. The highest BCUT2D eigenvalue weighted by molar-refractivity contribution is 9.10. The van der Waals surface area contributed by atoms with E-state index < -0.39 is 23.1 Å². The number of ether oxygens (including phenoxy) is 1. The van der Waals surface area contributed by atoms with E-state index in [0.29, 0.717) is 22.7 Å². The van der Waals surface area contributed by atoms with Crippen LogP contribution in [0.25, 0.3) is 0 Å². The van der Waals surface area contributed by atoms with Gasteiger partial charge >= 0.3 is 11.7 Å². The van der Waals surface area contributed by atoms with Gasteiger partial charge < -0.3 is 10.1 Å². The first kappa shape index (κ1) is 19.9. The van der Waals surface area contributed by atoms with E-state index in [9.17, 15) is 14.4 Å². The van der Waals surface area contributed by atoms with Crippen LogP contribution in [0.3, 0.4) is 0 Å². The van der Waals surface area contributed by atoms with Gasteiger partial charge in [0, 0.05) is 24.3 Å². The van der Waals surface area contributed by atoms with Crippen molar-refractivity contribution in [1.29, 1.82) is 0 Å². The molecule has 0 spiro atoms. The van der Waals surface area contributed by atoms with Gasteiger partial charge in [0.15, 0.2) is 0 Å². The van der Waals surface area contributed by atoms with E-state index in [-0.39, 0.29) is 6.61 Å². The number of fused-ring (bicyclic) bond motifs is 1. The zero-order valence-corrected chi connectivity index (χ0v) is 17.4. The molecule has 8 heteroatoms. The molecule has 2 aromatic rings. The molecule has 0 saturated carbocycles. The molecule has 0 bridgehead atoms. The van der Waals surface area contributed by atoms with Gasteiger partial charge in [0.25, 0.3) is 5.56 Å². The summed E-state index contributed by atoms with van der Waals surface area (Å²) in [5.41, 5.74) is 1.01. The number of nitrogens with zero attached hydrogens (tertiary/aromatic N) is 2. The molecular formula is C20H20BrN3O4. The van der Waals surface area contributed by atoms with Crippen molar-refractivity contribution in [3.8, 4) is 0 Å². The van der Waals surface area contributed by atoms with E-state index in [1.54, 1.807) is 14.0 Å². The van der Waals surface area contributed by atoms with Crippen LogP contribution in [0.1, 0.15) is 24.0 Å². The first-order valence-corrected chi connectivity index (χ1v) is 9.38. The number of hydrogen-bond donors (Lipinski definition) is 1. The predicted molar refractivity (Wildman–Crippen MR) is 110 cm³/mol. The third-order valence-electron chi connectivity index (χ3n) is 4.74. The summed E-state index contributed by atoms with van der Waals surface area (Å²) < 4.78 is 8.56. The molecule has 3 rings (SSSR count). The van der Waals surface area contributed by atoms with Gasteiger partial charge in [0.1, 0.15) is 12.4 Å². The number of hydrogen-bond acceptors (Lipinski definition) is 5. The monoisotopic (exact) mass is 445 g/mol. The van der Waals surface area contributed by atoms with Crippen molar-refractivity contribution < 1.29 is 9.53 Å². The van der Waals surface area contributed by atoms with Crippen LogP contribution in [0, 0.1) is 0 Å². The third kappa shape index (κ3) is 3.24. The number of benzene rings is 1. The van der Waals surface area contributed by atoms with Crippen molar-refractivity contribution >= 4 is 27.7 Å². The number of carbonyl (C=O) groups is 1. The Balaban J connectivity index is 2.33. The standard InChI is InChI=1S/C20H20BrN3O4/c1-5-10-28-19(26)14-11(2)22-17-16(18(25)24(4)20(27)23(17)3)15(14)12-6-8-13(21)9-7-12/h5-9,15,22H,1,10H2,2-4H3/t15-/m1/s1. The van der Waals surface area contributed by atoms with Gasteiger partial charge in [0.05, 0.1) is 17.1 Å². The first-order valence-electron chi connectivity index (χ1n) is 8.59. The van der Waals surface area contributed by atoms with Crippen molar-refractivity contribution in [3.05, 3.63) is 84.6 Å². The zero-order valence-electron chi connectivity index (χ0n) is 15.8. The molecule has 7 nitrogen and oxygen atoms in total. The number of nitrogens with one attached hydrogen (secondary N) is 1. The lowest BCUT2D eigenvalue weighted by Crippen LogP contribution is -2.43. The van der Waals surface area contributed by atoms with Crippen LogP contribution in [0.5, 0.6) is 0 Å². The van der Waals surface area contributed by atoms with E-state index in [4.69, 9.17) is 4.74 Å². The van der Waals surface area contributed by atoms with Gasteiger partial charge in [0.2, 0.25) is 0 Å². The van der Waals surface area contributed by atoms with E-state index >= 15 is 0 Å². The molecule has 146 valence electrons. The molecular weight excluding hydrogens is 426 g/mol. The van der Waals surface area contributed by atoms with E-state index in [1.807, 2.05) is 24.3 Å². The van der Waals surface area contributed by atoms with Gasteiger partial charge in [-0.2, -0.15) is 0 Å². The zero-order chi connectivity index (χ0) is 20.6. The molecule has 1 atom stereocenters.